The predicted molar refractivity (Wildman–Crippen MR) is 106 cm³/mol. The van der Waals surface area contributed by atoms with E-state index in [0.717, 1.165) is 5.56 Å². The monoisotopic (exact) mass is 409 g/mol. The zero-order valence-electron chi connectivity index (χ0n) is 17.7. The Labute approximate surface area is 171 Å². The molecule has 0 fully saturated rings. The molecule has 1 N–H and O–H groups in total. The summed E-state index contributed by atoms with van der Waals surface area (Å²) in [7, 11) is 2.78. The summed E-state index contributed by atoms with van der Waals surface area (Å²) in [6.45, 7) is 5.49. The van der Waals surface area contributed by atoms with Gasteiger partial charge in [-0.3, -0.25) is 4.79 Å². The van der Waals surface area contributed by atoms with E-state index < -0.39 is 35.6 Å². The number of methoxy groups -OCH3 is 2. The van der Waals surface area contributed by atoms with Crippen molar-refractivity contribution in [3.63, 3.8) is 0 Å². The molecule has 1 amide bonds. The van der Waals surface area contributed by atoms with E-state index in [0.29, 0.717) is 13.0 Å². The minimum absolute atomic E-state index is 0.00288. The Bertz CT molecular complexity index is 655. The Morgan fingerprint density at radius 3 is 2.24 bits per heavy atom. The van der Waals surface area contributed by atoms with Gasteiger partial charge in [0.1, 0.15) is 18.2 Å². The Morgan fingerprint density at radius 2 is 1.69 bits per heavy atom. The molecular formula is C21H31NO7. The van der Waals surface area contributed by atoms with Gasteiger partial charge in [0.05, 0.1) is 13.0 Å². The molecule has 1 aromatic rings. The largest absolute Gasteiger partial charge is 0.469 e. The van der Waals surface area contributed by atoms with Crippen molar-refractivity contribution in [2.24, 2.45) is 5.92 Å². The van der Waals surface area contributed by atoms with Gasteiger partial charge in [-0.05, 0) is 39.2 Å². The van der Waals surface area contributed by atoms with Crippen molar-refractivity contribution in [2.75, 3.05) is 20.8 Å². The topological polar surface area (TPSA) is 100 Å². The van der Waals surface area contributed by atoms with E-state index in [1.165, 1.54) is 14.2 Å². The summed E-state index contributed by atoms with van der Waals surface area (Å²) < 4.78 is 20.4. The molecule has 0 aliphatic rings. The lowest BCUT2D eigenvalue weighted by Gasteiger charge is -2.25. The number of rotatable bonds is 10. The molecular weight excluding hydrogens is 378 g/mol. The van der Waals surface area contributed by atoms with Gasteiger partial charge in [-0.2, -0.15) is 0 Å². The molecule has 0 aliphatic carbocycles. The minimum atomic E-state index is -1.07. The predicted octanol–water partition coefficient (Wildman–Crippen LogP) is 2.84. The summed E-state index contributed by atoms with van der Waals surface area (Å²) >= 11 is 0. The van der Waals surface area contributed by atoms with E-state index in [-0.39, 0.29) is 13.0 Å². The molecule has 0 saturated heterocycles. The van der Waals surface area contributed by atoms with Crippen LogP contribution in [0.3, 0.4) is 0 Å². The maximum absolute atomic E-state index is 12.7. The van der Waals surface area contributed by atoms with Crippen LogP contribution in [0.2, 0.25) is 0 Å². The molecule has 8 nitrogen and oxygen atoms in total. The van der Waals surface area contributed by atoms with Gasteiger partial charge < -0.3 is 24.3 Å². The SMILES string of the molecule is COCC[C@@H](C[C@H](NC(=O)OC(C)(C)C)C(=O)OCc1ccccc1)C(=O)OC. The minimum Gasteiger partial charge on any atom is -0.469 e. The van der Waals surface area contributed by atoms with E-state index in [1.807, 2.05) is 30.3 Å². The molecule has 0 spiro atoms. The molecule has 0 bridgehead atoms. The van der Waals surface area contributed by atoms with Crippen LogP contribution in [-0.4, -0.2) is 50.5 Å². The number of hydrogen-bond donors (Lipinski definition) is 1. The smallest absolute Gasteiger partial charge is 0.408 e. The van der Waals surface area contributed by atoms with Crippen LogP contribution in [-0.2, 0) is 35.1 Å². The van der Waals surface area contributed by atoms with Crippen LogP contribution in [0.4, 0.5) is 4.79 Å². The number of ether oxygens (including phenoxy) is 4. The lowest BCUT2D eigenvalue weighted by molar-refractivity contribution is -0.150. The van der Waals surface area contributed by atoms with Crippen LogP contribution in [0.25, 0.3) is 0 Å². The summed E-state index contributed by atoms with van der Waals surface area (Å²) in [6.07, 6.45) is -0.431. The van der Waals surface area contributed by atoms with Gasteiger partial charge in [-0.1, -0.05) is 30.3 Å². The van der Waals surface area contributed by atoms with Gasteiger partial charge in [0.15, 0.2) is 0 Å². The van der Waals surface area contributed by atoms with Crippen LogP contribution in [0.5, 0.6) is 0 Å². The second kappa shape index (κ2) is 12.1. The van der Waals surface area contributed by atoms with E-state index in [4.69, 9.17) is 18.9 Å². The second-order valence-corrected chi connectivity index (χ2v) is 7.53. The fraction of sp³-hybridized carbons (Fsp3) is 0.571. The first kappa shape index (κ1) is 24.4. The van der Waals surface area contributed by atoms with Crippen molar-refractivity contribution >= 4 is 18.0 Å². The van der Waals surface area contributed by atoms with E-state index in [9.17, 15) is 14.4 Å². The van der Waals surface area contributed by atoms with Crippen molar-refractivity contribution < 1.29 is 33.3 Å². The highest BCUT2D eigenvalue weighted by molar-refractivity contribution is 5.82. The molecule has 1 rings (SSSR count). The second-order valence-electron chi connectivity index (χ2n) is 7.53. The van der Waals surface area contributed by atoms with Crippen LogP contribution in [0, 0.1) is 5.92 Å². The van der Waals surface area contributed by atoms with E-state index in [1.54, 1.807) is 20.8 Å². The number of esters is 2. The Kier molecular flexibility index (Phi) is 10.2. The number of alkyl carbamates (subject to hydrolysis) is 1. The lowest BCUT2D eigenvalue weighted by atomic mass is 9.96. The number of nitrogens with one attached hydrogen (secondary N) is 1. The summed E-state index contributed by atoms with van der Waals surface area (Å²) in [5.41, 5.74) is 0.0705. The average Bonchev–Trinajstić information content (AvgIpc) is 2.67. The van der Waals surface area contributed by atoms with Crippen molar-refractivity contribution in [1.82, 2.24) is 5.32 Å². The molecule has 0 aliphatic heterocycles. The Morgan fingerprint density at radius 1 is 1.03 bits per heavy atom. The number of benzene rings is 1. The number of carbonyl (C=O) groups excluding carboxylic acids is 3. The molecule has 0 saturated carbocycles. The van der Waals surface area contributed by atoms with Crippen molar-refractivity contribution in [2.45, 2.75) is 51.9 Å². The van der Waals surface area contributed by atoms with Gasteiger partial charge >= 0.3 is 18.0 Å². The highest BCUT2D eigenvalue weighted by atomic mass is 16.6. The summed E-state index contributed by atoms with van der Waals surface area (Å²) in [6, 6.07) is 8.08. The molecule has 0 heterocycles. The van der Waals surface area contributed by atoms with E-state index in [2.05, 4.69) is 5.32 Å². The third-order valence-corrected chi connectivity index (χ3v) is 3.92. The van der Waals surface area contributed by atoms with Gasteiger partial charge in [-0.15, -0.1) is 0 Å². The summed E-state index contributed by atoms with van der Waals surface area (Å²) in [5.74, 6) is -1.80. The quantitative estimate of drug-likeness (QED) is 0.468. The van der Waals surface area contributed by atoms with Crippen LogP contribution >= 0.6 is 0 Å². The molecule has 162 valence electrons. The van der Waals surface area contributed by atoms with Gasteiger partial charge in [0.2, 0.25) is 0 Å². The molecule has 0 aromatic heterocycles. The van der Waals surface area contributed by atoms with Gasteiger partial charge in [-0.25, -0.2) is 9.59 Å². The standard InChI is InChI=1S/C21H31NO7/c1-21(2,3)29-20(25)22-17(13-16(11-12-26-4)18(23)27-5)19(24)28-14-15-9-7-6-8-10-15/h6-10,16-17H,11-14H2,1-5H3,(H,22,25)/t16-,17-/m0/s1. The zero-order valence-corrected chi connectivity index (χ0v) is 17.7. The number of carbonyl (C=O) groups is 3. The first-order valence-corrected chi connectivity index (χ1v) is 9.43. The third kappa shape index (κ3) is 9.94. The maximum Gasteiger partial charge on any atom is 0.408 e. The third-order valence-electron chi connectivity index (χ3n) is 3.92. The average molecular weight is 409 g/mol. The van der Waals surface area contributed by atoms with Crippen molar-refractivity contribution in [3.05, 3.63) is 35.9 Å². The summed E-state index contributed by atoms with van der Waals surface area (Å²) in [5, 5.41) is 2.51. The van der Waals surface area contributed by atoms with Gasteiger partial charge in [0.25, 0.3) is 0 Å². The van der Waals surface area contributed by atoms with Gasteiger partial charge in [0, 0.05) is 13.7 Å². The van der Waals surface area contributed by atoms with Crippen molar-refractivity contribution in [1.29, 1.82) is 0 Å². The fourth-order valence-corrected chi connectivity index (χ4v) is 2.54. The number of amides is 1. The highest BCUT2D eigenvalue weighted by Crippen LogP contribution is 2.16. The Hall–Kier alpha value is -2.61. The van der Waals surface area contributed by atoms with Crippen molar-refractivity contribution in [3.8, 4) is 0 Å². The van der Waals surface area contributed by atoms with Crippen LogP contribution in [0.15, 0.2) is 30.3 Å². The molecule has 2 atom stereocenters. The Balaban J connectivity index is 2.88. The highest BCUT2D eigenvalue weighted by Gasteiger charge is 2.31. The summed E-state index contributed by atoms with van der Waals surface area (Å²) in [4.78, 5) is 37.0. The lowest BCUT2D eigenvalue weighted by Crippen LogP contribution is -2.46. The first-order valence-electron chi connectivity index (χ1n) is 9.43. The number of hydrogen-bond acceptors (Lipinski definition) is 7. The normalized spacial score (nSPS) is 13.1. The van der Waals surface area contributed by atoms with E-state index >= 15 is 0 Å². The molecule has 8 heteroatoms. The molecule has 0 unspecified atom stereocenters. The zero-order chi connectivity index (χ0) is 21.9. The van der Waals surface area contributed by atoms with Crippen LogP contribution < -0.4 is 5.32 Å². The molecule has 1 aromatic carbocycles. The maximum atomic E-state index is 12.7. The molecule has 0 radical (unpaired) electrons. The fourth-order valence-electron chi connectivity index (χ4n) is 2.54. The van der Waals surface area contributed by atoms with Crippen LogP contribution in [0.1, 0.15) is 39.2 Å². The molecule has 29 heavy (non-hydrogen) atoms. The first-order chi connectivity index (χ1) is 13.7.